The predicted octanol–water partition coefficient (Wildman–Crippen LogP) is 3.07. The summed E-state index contributed by atoms with van der Waals surface area (Å²) < 4.78 is 39.8. The molecule has 0 radical (unpaired) electrons. The summed E-state index contributed by atoms with van der Waals surface area (Å²) in [5.41, 5.74) is -1.68. The number of carbonyl (C=O) groups is 1. The van der Waals surface area contributed by atoms with E-state index in [-0.39, 0.29) is 5.69 Å². The standard InChI is InChI=1S/C15H13F3N2O2/c1-10(20-9-5-4-8-13(20)21)14(22)19-12-7-3-2-6-11(12)15(16,17)18/h2-10H,1H3,(H,19,22). The summed E-state index contributed by atoms with van der Waals surface area (Å²) in [6, 6.07) is 8.10. The summed E-state index contributed by atoms with van der Waals surface area (Å²) in [5.74, 6) is -0.704. The number of carbonyl (C=O) groups excluding carboxylic acids is 1. The smallest absolute Gasteiger partial charge is 0.324 e. The summed E-state index contributed by atoms with van der Waals surface area (Å²) in [5, 5.41) is 2.22. The van der Waals surface area contributed by atoms with Crippen LogP contribution in [-0.4, -0.2) is 10.5 Å². The summed E-state index contributed by atoms with van der Waals surface area (Å²) in [6.45, 7) is 1.44. The van der Waals surface area contributed by atoms with Gasteiger partial charge in [0.25, 0.3) is 5.56 Å². The number of alkyl halides is 3. The molecule has 116 valence electrons. The van der Waals surface area contributed by atoms with Crippen molar-refractivity contribution in [3.63, 3.8) is 0 Å². The molecule has 22 heavy (non-hydrogen) atoms. The Hall–Kier alpha value is -2.57. The molecule has 1 N–H and O–H groups in total. The van der Waals surface area contributed by atoms with Crippen LogP contribution < -0.4 is 10.9 Å². The summed E-state index contributed by atoms with van der Waals surface area (Å²) in [6.07, 6.45) is -3.17. The van der Waals surface area contributed by atoms with Gasteiger partial charge in [0.2, 0.25) is 5.91 Å². The summed E-state index contributed by atoms with van der Waals surface area (Å²) in [4.78, 5) is 23.8. The lowest BCUT2D eigenvalue weighted by Gasteiger charge is -2.17. The molecule has 1 unspecified atom stereocenters. The highest BCUT2D eigenvalue weighted by molar-refractivity contribution is 5.94. The second-order valence-electron chi connectivity index (χ2n) is 4.65. The van der Waals surface area contributed by atoms with Gasteiger partial charge in [0.1, 0.15) is 6.04 Å². The Morgan fingerprint density at radius 1 is 1.14 bits per heavy atom. The van der Waals surface area contributed by atoms with Crippen molar-refractivity contribution in [3.05, 3.63) is 64.6 Å². The minimum Gasteiger partial charge on any atom is -0.324 e. The highest BCUT2D eigenvalue weighted by atomic mass is 19.4. The largest absolute Gasteiger partial charge is 0.418 e. The van der Waals surface area contributed by atoms with E-state index in [1.54, 1.807) is 6.07 Å². The molecule has 0 aliphatic heterocycles. The Labute approximate surface area is 124 Å². The number of rotatable bonds is 3. The number of aromatic nitrogens is 1. The van der Waals surface area contributed by atoms with Crippen LogP contribution in [-0.2, 0) is 11.0 Å². The molecule has 2 aromatic rings. The minimum atomic E-state index is -4.57. The van der Waals surface area contributed by atoms with Crippen molar-refractivity contribution in [1.82, 2.24) is 4.57 Å². The number of hydrogen-bond donors (Lipinski definition) is 1. The molecule has 1 aromatic heterocycles. The fourth-order valence-electron chi connectivity index (χ4n) is 1.96. The number of amides is 1. The molecule has 1 amide bonds. The van der Waals surface area contributed by atoms with Gasteiger partial charge in [-0.1, -0.05) is 18.2 Å². The lowest BCUT2D eigenvalue weighted by atomic mass is 10.1. The predicted molar refractivity (Wildman–Crippen MR) is 75.5 cm³/mol. The van der Waals surface area contributed by atoms with Crippen LogP contribution in [0.4, 0.5) is 18.9 Å². The Bertz CT molecular complexity index is 738. The van der Waals surface area contributed by atoms with Gasteiger partial charge in [-0.05, 0) is 25.1 Å². The van der Waals surface area contributed by atoms with Crippen LogP contribution in [0.25, 0.3) is 0 Å². The van der Waals surface area contributed by atoms with Gasteiger partial charge in [-0.2, -0.15) is 13.2 Å². The zero-order valence-corrected chi connectivity index (χ0v) is 11.6. The molecule has 1 aromatic carbocycles. The molecule has 1 atom stereocenters. The van der Waals surface area contributed by atoms with Gasteiger partial charge in [-0.15, -0.1) is 0 Å². The van der Waals surface area contributed by atoms with E-state index < -0.39 is 29.2 Å². The van der Waals surface area contributed by atoms with Gasteiger partial charge in [0, 0.05) is 12.3 Å². The second kappa shape index (κ2) is 6.05. The highest BCUT2D eigenvalue weighted by Gasteiger charge is 2.33. The first-order chi connectivity index (χ1) is 10.3. The van der Waals surface area contributed by atoms with Gasteiger partial charge in [-0.25, -0.2) is 0 Å². The molecule has 0 fully saturated rings. The number of halogens is 3. The van der Waals surface area contributed by atoms with Gasteiger partial charge >= 0.3 is 6.18 Å². The van der Waals surface area contributed by atoms with E-state index in [0.717, 1.165) is 10.6 Å². The molecule has 0 saturated heterocycles. The molecule has 0 aliphatic rings. The lowest BCUT2D eigenvalue weighted by Crippen LogP contribution is -2.31. The van der Waals surface area contributed by atoms with E-state index in [2.05, 4.69) is 5.32 Å². The minimum absolute atomic E-state index is 0.337. The third-order valence-electron chi connectivity index (χ3n) is 3.14. The van der Waals surface area contributed by atoms with E-state index in [4.69, 9.17) is 0 Å². The molecule has 2 rings (SSSR count). The summed E-state index contributed by atoms with van der Waals surface area (Å²) >= 11 is 0. The second-order valence-corrected chi connectivity index (χ2v) is 4.65. The molecular weight excluding hydrogens is 297 g/mol. The maximum absolute atomic E-state index is 12.9. The molecule has 7 heteroatoms. The van der Waals surface area contributed by atoms with E-state index in [1.807, 2.05) is 0 Å². The first-order valence-corrected chi connectivity index (χ1v) is 6.45. The van der Waals surface area contributed by atoms with Crippen LogP contribution in [0.3, 0.4) is 0 Å². The quantitative estimate of drug-likeness (QED) is 0.947. The van der Waals surface area contributed by atoms with Gasteiger partial charge in [0.15, 0.2) is 0 Å². The molecular formula is C15H13F3N2O2. The number of nitrogens with one attached hydrogen (secondary N) is 1. The van der Waals surface area contributed by atoms with Crippen LogP contribution in [0, 0.1) is 0 Å². The molecule has 0 bridgehead atoms. The fraction of sp³-hybridized carbons (Fsp3) is 0.200. The zero-order chi connectivity index (χ0) is 16.3. The number of para-hydroxylation sites is 1. The van der Waals surface area contributed by atoms with Crippen molar-refractivity contribution >= 4 is 11.6 Å². The first-order valence-electron chi connectivity index (χ1n) is 6.45. The Morgan fingerprint density at radius 3 is 2.41 bits per heavy atom. The van der Waals surface area contributed by atoms with Crippen LogP contribution in [0.2, 0.25) is 0 Å². The van der Waals surface area contributed by atoms with Gasteiger partial charge < -0.3 is 9.88 Å². The number of benzene rings is 1. The molecule has 0 spiro atoms. The highest BCUT2D eigenvalue weighted by Crippen LogP contribution is 2.34. The van der Waals surface area contributed by atoms with Gasteiger partial charge in [0.05, 0.1) is 11.3 Å². The van der Waals surface area contributed by atoms with E-state index >= 15 is 0 Å². The molecule has 1 heterocycles. The van der Waals surface area contributed by atoms with E-state index in [0.29, 0.717) is 0 Å². The third kappa shape index (κ3) is 3.36. The van der Waals surface area contributed by atoms with Crippen molar-refractivity contribution in [2.24, 2.45) is 0 Å². The number of anilines is 1. The van der Waals surface area contributed by atoms with Crippen molar-refractivity contribution < 1.29 is 18.0 Å². The maximum atomic E-state index is 12.9. The van der Waals surface area contributed by atoms with E-state index in [1.165, 1.54) is 43.5 Å². The molecule has 0 aliphatic carbocycles. The number of hydrogen-bond acceptors (Lipinski definition) is 2. The zero-order valence-electron chi connectivity index (χ0n) is 11.6. The maximum Gasteiger partial charge on any atom is 0.418 e. The van der Waals surface area contributed by atoms with Crippen LogP contribution >= 0.6 is 0 Å². The van der Waals surface area contributed by atoms with Crippen molar-refractivity contribution in [1.29, 1.82) is 0 Å². The fourth-order valence-corrected chi connectivity index (χ4v) is 1.96. The molecule has 4 nitrogen and oxygen atoms in total. The topological polar surface area (TPSA) is 51.1 Å². The van der Waals surface area contributed by atoms with Crippen molar-refractivity contribution in [2.75, 3.05) is 5.32 Å². The summed E-state index contributed by atoms with van der Waals surface area (Å²) in [7, 11) is 0. The Kier molecular flexibility index (Phi) is 4.35. The average molecular weight is 310 g/mol. The Balaban J connectivity index is 2.27. The van der Waals surface area contributed by atoms with Crippen molar-refractivity contribution in [3.8, 4) is 0 Å². The normalized spacial score (nSPS) is 12.7. The van der Waals surface area contributed by atoms with Gasteiger partial charge in [-0.3, -0.25) is 9.59 Å². The van der Waals surface area contributed by atoms with Crippen LogP contribution in [0.15, 0.2) is 53.5 Å². The molecule has 0 saturated carbocycles. The third-order valence-corrected chi connectivity index (χ3v) is 3.14. The van der Waals surface area contributed by atoms with Crippen LogP contribution in [0.1, 0.15) is 18.5 Å². The lowest BCUT2D eigenvalue weighted by molar-refractivity contribution is -0.137. The van der Waals surface area contributed by atoms with E-state index in [9.17, 15) is 22.8 Å². The van der Waals surface area contributed by atoms with Crippen LogP contribution in [0.5, 0.6) is 0 Å². The Morgan fingerprint density at radius 2 is 1.77 bits per heavy atom. The monoisotopic (exact) mass is 310 g/mol. The first kappa shape index (κ1) is 15.8. The SMILES string of the molecule is CC(C(=O)Nc1ccccc1C(F)(F)F)n1ccccc1=O. The van der Waals surface area contributed by atoms with Crippen molar-refractivity contribution in [2.45, 2.75) is 19.1 Å². The number of pyridine rings is 1. The average Bonchev–Trinajstić information content (AvgIpc) is 2.46. The number of nitrogens with zero attached hydrogens (tertiary/aromatic N) is 1.